The molecule has 8 heteroatoms. The first-order valence-electron chi connectivity index (χ1n) is 8.06. The number of aliphatic hydroxyl groups is 1. The topological polar surface area (TPSA) is 62.1 Å². The summed E-state index contributed by atoms with van der Waals surface area (Å²) in [6.07, 6.45) is -3.65. The number of carbonyl (C=O) groups is 1. The number of rotatable bonds is 2. The van der Waals surface area contributed by atoms with Gasteiger partial charge in [-0.05, 0) is 37.0 Å². The molecule has 0 saturated heterocycles. The Balaban J connectivity index is 2.06. The smallest absolute Gasteiger partial charge is 0.439 e. The molecule has 0 unspecified atom stereocenters. The van der Waals surface area contributed by atoms with E-state index in [1.807, 2.05) is 0 Å². The van der Waals surface area contributed by atoms with E-state index in [2.05, 4.69) is 5.10 Å². The van der Waals surface area contributed by atoms with Crippen LogP contribution in [0.4, 0.5) is 13.2 Å². The molecule has 1 aromatic carbocycles. The van der Waals surface area contributed by atoms with Crippen LogP contribution in [0.15, 0.2) is 29.4 Å². The summed E-state index contributed by atoms with van der Waals surface area (Å²) >= 11 is 0. The van der Waals surface area contributed by atoms with E-state index in [0.717, 1.165) is 0 Å². The highest BCUT2D eigenvalue weighted by molar-refractivity contribution is 6.00. The molecule has 1 aliphatic heterocycles. The molecule has 136 valence electrons. The summed E-state index contributed by atoms with van der Waals surface area (Å²) in [5, 5.41) is 14.7. The van der Waals surface area contributed by atoms with Crippen LogP contribution in [0.1, 0.15) is 36.5 Å². The molecule has 0 aromatic heterocycles. The molecule has 1 fully saturated rings. The number of hydrazone groups is 1. The molecule has 1 amide bonds. The maximum Gasteiger partial charge on any atom is 0.439 e. The third kappa shape index (κ3) is 2.68. The Bertz CT molecular complexity index is 719. The molecule has 0 spiro atoms. The largest absolute Gasteiger partial charge is 0.497 e. The lowest BCUT2D eigenvalue weighted by molar-refractivity contribution is -0.312. The van der Waals surface area contributed by atoms with E-state index in [9.17, 15) is 23.1 Å². The number of benzene rings is 1. The number of hydrogen-bond acceptors (Lipinski definition) is 4. The predicted molar refractivity (Wildman–Crippen MR) is 84.1 cm³/mol. The minimum absolute atomic E-state index is 0.0299. The molecule has 25 heavy (non-hydrogen) atoms. The fourth-order valence-corrected chi connectivity index (χ4v) is 3.58. The van der Waals surface area contributed by atoms with Crippen LogP contribution < -0.4 is 4.74 Å². The molecule has 2 aliphatic rings. The quantitative estimate of drug-likeness (QED) is 0.885. The Labute approximate surface area is 143 Å². The zero-order valence-corrected chi connectivity index (χ0v) is 13.9. The minimum Gasteiger partial charge on any atom is -0.497 e. The Kier molecular flexibility index (Phi) is 4.26. The molecule has 1 N–H and O–H groups in total. The Morgan fingerprint density at radius 2 is 2.12 bits per heavy atom. The summed E-state index contributed by atoms with van der Waals surface area (Å²) in [6.45, 7) is 1.77. The first kappa shape index (κ1) is 17.7. The van der Waals surface area contributed by atoms with E-state index >= 15 is 0 Å². The highest BCUT2D eigenvalue weighted by Crippen LogP contribution is 2.49. The van der Waals surface area contributed by atoms with Gasteiger partial charge in [0.2, 0.25) is 0 Å². The molecule has 1 saturated carbocycles. The van der Waals surface area contributed by atoms with Crippen molar-refractivity contribution in [2.45, 2.75) is 38.1 Å². The molecule has 0 bridgehead atoms. The van der Waals surface area contributed by atoms with Gasteiger partial charge in [-0.15, -0.1) is 0 Å². The number of carbonyl (C=O) groups excluding carboxylic acids is 1. The van der Waals surface area contributed by atoms with Gasteiger partial charge in [-0.2, -0.15) is 23.3 Å². The number of hydrogen-bond donors (Lipinski definition) is 1. The van der Waals surface area contributed by atoms with Crippen molar-refractivity contribution < 1.29 is 27.8 Å². The normalized spacial score (nSPS) is 29.2. The summed E-state index contributed by atoms with van der Waals surface area (Å²) in [4.78, 5) is 12.7. The van der Waals surface area contributed by atoms with Gasteiger partial charge in [-0.25, -0.2) is 0 Å². The van der Waals surface area contributed by atoms with Crippen molar-refractivity contribution in [3.05, 3.63) is 29.8 Å². The summed E-state index contributed by atoms with van der Waals surface area (Å²) in [5.41, 5.74) is -3.11. The van der Waals surface area contributed by atoms with Crippen LogP contribution in [0.3, 0.4) is 0 Å². The van der Waals surface area contributed by atoms with Crippen molar-refractivity contribution in [1.29, 1.82) is 0 Å². The van der Waals surface area contributed by atoms with Gasteiger partial charge >= 0.3 is 6.18 Å². The molecular weight excluding hydrogens is 337 g/mol. The number of methoxy groups -OCH3 is 1. The Morgan fingerprint density at radius 1 is 1.40 bits per heavy atom. The molecule has 1 aliphatic carbocycles. The molecule has 3 atom stereocenters. The lowest BCUT2D eigenvalue weighted by atomic mass is 9.75. The molecule has 1 aromatic rings. The monoisotopic (exact) mass is 356 g/mol. The Morgan fingerprint density at radius 3 is 2.76 bits per heavy atom. The van der Waals surface area contributed by atoms with Crippen molar-refractivity contribution in [1.82, 2.24) is 5.01 Å². The van der Waals surface area contributed by atoms with E-state index in [4.69, 9.17) is 4.74 Å². The molecule has 0 radical (unpaired) electrons. The maximum absolute atomic E-state index is 13.8. The molecule has 5 nitrogen and oxygen atoms in total. The zero-order valence-electron chi connectivity index (χ0n) is 13.9. The number of ether oxygens (including phenoxy) is 1. The highest BCUT2D eigenvalue weighted by atomic mass is 19.4. The van der Waals surface area contributed by atoms with Crippen molar-refractivity contribution in [2.75, 3.05) is 7.11 Å². The summed E-state index contributed by atoms with van der Waals surface area (Å²) in [7, 11) is 1.39. The number of amides is 1. The first-order chi connectivity index (χ1) is 11.7. The van der Waals surface area contributed by atoms with Crippen molar-refractivity contribution >= 4 is 11.6 Å². The zero-order chi connectivity index (χ0) is 18.4. The lowest BCUT2D eigenvalue weighted by Crippen LogP contribution is -2.61. The van der Waals surface area contributed by atoms with Crippen LogP contribution in [-0.2, 0) is 0 Å². The average Bonchev–Trinajstić information content (AvgIpc) is 2.90. The number of fused-ring (bicyclic) bond motifs is 1. The second-order valence-electron chi connectivity index (χ2n) is 6.48. The van der Waals surface area contributed by atoms with Gasteiger partial charge in [0.15, 0.2) is 0 Å². The van der Waals surface area contributed by atoms with Gasteiger partial charge in [-0.1, -0.05) is 19.4 Å². The van der Waals surface area contributed by atoms with E-state index in [1.165, 1.54) is 25.3 Å². The van der Waals surface area contributed by atoms with E-state index in [-0.39, 0.29) is 28.6 Å². The fourth-order valence-electron chi connectivity index (χ4n) is 3.58. The van der Waals surface area contributed by atoms with Gasteiger partial charge < -0.3 is 9.84 Å². The summed E-state index contributed by atoms with van der Waals surface area (Å²) in [5.74, 6) is -2.12. The Hall–Kier alpha value is -2.09. The maximum atomic E-state index is 13.8. The summed E-state index contributed by atoms with van der Waals surface area (Å²) < 4.78 is 46.3. The lowest BCUT2D eigenvalue weighted by Gasteiger charge is -2.39. The number of nitrogens with zero attached hydrogens (tertiary/aromatic N) is 2. The third-order valence-electron chi connectivity index (χ3n) is 4.94. The van der Waals surface area contributed by atoms with Crippen LogP contribution in [0.2, 0.25) is 0 Å². The number of halogens is 3. The first-order valence-corrected chi connectivity index (χ1v) is 8.06. The second-order valence-corrected chi connectivity index (χ2v) is 6.48. The van der Waals surface area contributed by atoms with Crippen molar-refractivity contribution in [3.8, 4) is 5.75 Å². The SMILES string of the molecule is COc1cccc(C(=O)N2N=C3[C@H](C)CCC[C@H]3[C@]2(O)C(F)(F)F)c1. The van der Waals surface area contributed by atoms with Gasteiger partial charge in [0.25, 0.3) is 11.6 Å². The highest BCUT2D eigenvalue weighted by Gasteiger charge is 2.69. The van der Waals surface area contributed by atoms with Gasteiger partial charge in [0.05, 0.1) is 13.0 Å². The van der Waals surface area contributed by atoms with Crippen LogP contribution >= 0.6 is 0 Å². The van der Waals surface area contributed by atoms with Gasteiger partial charge in [0.1, 0.15) is 5.75 Å². The van der Waals surface area contributed by atoms with Gasteiger partial charge in [-0.3, -0.25) is 4.79 Å². The minimum atomic E-state index is -5.02. The number of alkyl halides is 3. The van der Waals surface area contributed by atoms with Gasteiger partial charge in [0, 0.05) is 11.3 Å². The van der Waals surface area contributed by atoms with Crippen LogP contribution in [-0.4, -0.2) is 40.7 Å². The van der Waals surface area contributed by atoms with Crippen LogP contribution in [0.5, 0.6) is 5.75 Å². The molecular formula is C17H19F3N2O3. The van der Waals surface area contributed by atoms with Crippen LogP contribution in [0, 0.1) is 11.8 Å². The average molecular weight is 356 g/mol. The van der Waals surface area contributed by atoms with E-state index in [0.29, 0.717) is 18.6 Å². The second kappa shape index (κ2) is 6.01. The van der Waals surface area contributed by atoms with Crippen LogP contribution in [0.25, 0.3) is 0 Å². The fraction of sp³-hybridized carbons (Fsp3) is 0.529. The van der Waals surface area contributed by atoms with Crippen molar-refractivity contribution in [3.63, 3.8) is 0 Å². The van der Waals surface area contributed by atoms with E-state index in [1.54, 1.807) is 13.0 Å². The standard InChI is InChI=1S/C17H19F3N2O3/c1-10-5-3-8-13-14(10)21-22(16(13,24)17(18,19)20)15(23)11-6-4-7-12(9-11)25-2/h4,6-7,9-10,13,24H,3,5,8H2,1-2H3/t10-,13-,16+/m1/s1. The van der Waals surface area contributed by atoms with Crippen molar-refractivity contribution in [2.24, 2.45) is 16.9 Å². The predicted octanol–water partition coefficient (Wildman–Crippen LogP) is 3.19. The molecule has 3 rings (SSSR count). The van der Waals surface area contributed by atoms with E-state index < -0.39 is 23.7 Å². The molecule has 1 heterocycles. The third-order valence-corrected chi connectivity index (χ3v) is 4.94. The summed E-state index contributed by atoms with van der Waals surface area (Å²) in [6, 6.07) is 5.76.